The van der Waals surface area contributed by atoms with Gasteiger partial charge in [-0.1, -0.05) is 20.8 Å². The van der Waals surface area contributed by atoms with Gasteiger partial charge in [-0.15, -0.1) is 0 Å². The van der Waals surface area contributed by atoms with Gasteiger partial charge in [0.1, 0.15) is 0 Å². The first kappa shape index (κ1) is 17.9. The average Bonchev–Trinajstić information content (AvgIpc) is 2.43. The van der Waals surface area contributed by atoms with E-state index >= 15 is 0 Å². The molecule has 0 unspecified atom stereocenters. The maximum absolute atomic E-state index is 11.9. The second kappa shape index (κ2) is 7.77. The molecule has 0 aromatic heterocycles. The van der Waals surface area contributed by atoms with E-state index in [9.17, 15) is 8.42 Å². The van der Waals surface area contributed by atoms with Gasteiger partial charge in [0.05, 0.1) is 4.90 Å². The van der Waals surface area contributed by atoms with Gasteiger partial charge < -0.3 is 10.4 Å². The average molecular weight is 314 g/mol. The SMILES string of the molecule is CCCNS(=O)(=O)c1ccc(NCC(C)(C)CCO)cc1. The van der Waals surface area contributed by atoms with E-state index in [1.807, 2.05) is 6.92 Å². The smallest absolute Gasteiger partial charge is 0.240 e. The van der Waals surface area contributed by atoms with E-state index in [2.05, 4.69) is 23.9 Å². The van der Waals surface area contributed by atoms with Gasteiger partial charge in [-0.05, 0) is 42.5 Å². The fourth-order valence-corrected chi connectivity index (χ4v) is 2.94. The van der Waals surface area contributed by atoms with Gasteiger partial charge in [0.25, 0.3) is 0 Å². The lowest BCUT2D eigenvalue weighted by atomic mass is 9.90. The van der Waals surface area contributed by atoms with Crippen molar-refractivity contribution in [2.24, 2.45) is 5.41 Å². The number of hydrogen-bond donors (Lipinski definition) is 3. The van der Waals surface area contributed by atoms with Gasteiger partial charge in [0.15, 0.2) is 0 Å². The summed E-state index contributed by atoms with van der Waals surface area (Å²) < 4.78 is 26.4. The van der Waals surface area contributed by atoms with Gasteiger partial charge in [-0.3, -0.25) is 0 Å². The molecule has 0 atom stereocenters. The molecule has 1 aromatic rings. The number of nitrogens with one attached hydrogen (secondary N) is 2. The highest BCUT2D eigenvalue weighted by Gasteiger charge is 2.17. The molecule has 120 valence electrons. The molecule has 6 heteroatoms. The quantitative estimate of drug-likeness (QED) is 0.653. The van der Waals surface area contributed by atoms with Crippen LogP contribution in [0.5, 0.6) is 0 Å². The van der Waals surface area contributed by atoms with Crippen molar-refractivity contribution in [3.05, 3.63) is 24.3 Å². The Morgan fingerprint density at radius 2 is 1.81 bits per heavy atom. The molecule has 1 aromatic carbocycles. The fraction of sp³-hybridized carbons (Fsp3) is 0.600. The van der Waals surface area contributed by atoms with Crippen LogP contribution >= 0.6 is 0 Å². The van der Waals surface area contributed by atoms with E-state index in [1.165, 1.54) is 0 Å². The largest absolute Gasteiger partial charge is 0.396 e. The monoisotopic (exact) mass is 314 g/mol. The van der Waals surface area contributed by atoms with Gasteiger partial charge in [0.2, 0.25) is 10.0 Å². The van der Waals surface area contributed by atoms with Crippen LogP contribution in [0.15, 0.2) is 29.2 Å². The molecule has 5 nitrogen and oxygen atoms in total. The van der Waals surface area contributed by atoms with E-state index in [1.54, 1.807) is 24.3 Å². The molecule has 0 saturated carbocycles. The van der Waals surface area contributed by atoms with Crippen molar-refractivity contribution in [1.82, 2.24) is 4.72 Å². The summed E-state index contributed by atoms with van der Waals surface area (Å²) in [6.45, 7) is 7.39. The lowest BCUT2D eigenvalue weighted by Crippen LogP contribution is -2.25. The number of sulfonamides is 1. The van der Waals surface area contributed by atoms with Crippen molar-refractivity contribution in [1.29, 1.82) is 0 Å². The van der Waals surface area contributed by atoms with Crippen LogP contribution in [0.4, 0.5) is 5.69 Å². The molecule has 0 aliphatic rings. The number of hydrogen-bond acceptors (Lipinski definition) is 4. The Labute approximate surface area is 127 Å². The standard InChI is InChI=1S/C15H26N2O3S/c1-4-10-17-21(19,20)14-7-5-13(6-8-14)16-12-15(2,3)9-11-18/h5-8,16-18H,4,9-12H2,1-3H3. The normalized spacial score (nSPS) is 12.4. The van der Waals surface area contributed by atoms with E-state index in [0.717, 1.165) is 12.1 Å². The molecule has 0 spiro atoms. The Bertz CT molecular complexity index is 524. The summed E-state index contributed by atoms with van der Waals surface area (Å²) >= 11 is 0. The Hall–Kier alpha value is -1.11. The highest BCUT2D eigenvalue weighted by atomic mass is 32.2. The fourth-order valence-electron chi connectivity index (χ4n) is 1.80. The van der Waals surface area contributed by atoms with Crippen LogP contribution in [0.25, 0.3) is 0 Å². The Morgan fingerprint density at radius 3 is 2.33 bits per heavy atom. The van der Waals surface area contributed by atoms with Crippen molar-refractivity contribution in [3.63, 3.8) is 0 Å². The Morgan fingerprint density at radius 1 is 1.19 bits per heavy atom. The number of aliphatic hydroxyl groups is 1. The van der Waals surface area contributed by atoms with Crippen molar-refractivity contribution in [2.45, 2.75) is 38.5 Å². The summed E-state index contributed by atoms with van der Waals surface area (Å²) in [5.74, 6) is 0. The van der Waals surface area contributed by atoms with Crippen LogP contribution < -0.4 is 10.0 Å². The molecule has 0 bridgehead atoms. The van der Waals surface area contributed by atoms with Crippen molar-refractivity contribution >= 4 is 15.7 Å². The molecule has 0 aliphatic carbocycles. The molecule has 0 radical (unpaired) electrons. The van der Waals surface area contributed by atoms with E-state index in [-0.39, 0.29) is 16.9 Å². The molecule has 0 saturated heterocycles. The van der Waals surface area contributed by atoms with Gasteiger partial charge in [0, 0.05) is 25.4 Å². The van der Waals surface area contributed by atoms with Gasteiger partial charge >= 0.3 is 0 Å². The topological polar surface area (TPSA) is 78.4 Å². The van der Waals surface area contributed by atoms with E-state index in [4.69, 9.17) is 5.11 Å². The molecule has 0 heterocycles. The van der Waals surface area contributed by atoms with Crippen LogP contribution in [0, 0.1) is 5.41 Å². The molecule has 0 amide bonds. The predicted octanol–water partition coefficient (Wildman–Crippen LogP) is 2.20. The zero-order valence-corrected chi connectivity index (χ0v) is 13.8. The maximum atomic E-state index is 11.9. The van der Waals surface area contributed by atoms with Gasteiger partial charge in [-0.25, -0.2) is 13.1 Å². The minimum absolute atomic E-state index is 0.0117. The number of benzene rings is 1. The molecule has 1 rings (SSSR count). The first-order chi connectivity index (χ1) is 9.80. The molecule has 21 heavy (non-hydrogen) atoms. The molecule has 0 aliphatic heterocycles. The maximum Gasteiger partial charge on any atom is 0.240 e. The van der Waals surface area contributed by atoms with Gasteiger partial charge in [-0.2, -0.15) is 0 Å². The van der Waals surface area contributed by atoms with E-state index < -0.39 is 10.0 Å². The summed E-state index contributed by atoms with van der Waals surface area (Å²) in [6, 6.07) is 6.71. The van der Waals surface area contributed by atoms with Crippen LogP contribution in [0.1, 0.15) is 33.6 Å². The highest BCUT2D eigenvalue weighted by Crippen LogP contribution is 2.21. The van der Waals surface area contributed by atoms with Crippen LogP contribution in [0.2, 0.25) is 0 Å². The number of aliphatic hydroxyl groups excluding tert-OH is 1. The van der Waals surface area contributed by atoms with Crippen LogP contribution in [0.3, 0.4) is 0 Å². The first-order valence-electron chi connectivity index (χ1n) is 7.25. The predicted molar refractivity (Wildman–Crippen MR) is 85.9 cm³/mol. The van der Waals surface area contributed by atoms with Crippen molar-refractivity contribution in [3.8, 4) is 0 Å². The lowest BCUT2D eigenvalue weighted by molar-refractivity contribution is 0.220. The summed E-state index contributed by atoms with van der Waals surface area (Å²) in [7, 11) is -3.40. The van der Waals surface area contributed by atoms with Crippen molar-refractivity contribution in [2.75, 3.05) is 25.0 Å². The third-order valence-electron chi connectivity index (χ3n) is 3.27. The zero-order chi connectivity index (χ0) is 15.9. The molecule has 0 fully saturated rings. The summed E-state index contributed by atoms with van der Waals surface area (Å²) in [4.78, 5) is 0.274. The highest BCUT2D eigenvalue weighted by molar-refractivity contribution is 7.89. The van der Waals surface area contributed by atoms with Crippen LogP contribution in [-0.4, -0.2) is 33.2 Å². The molecular weight excluding hydrogens is 288 g/mol. The first-order valence-corrected chi connectivity index (χ1v) is 8.73. The number of rotatable bonds is 9. The summed E-state index contributed by atoms with van der Waals surface area (Å²) in [5, 5.41) is 12.3. The molecule has 3 N–H and O–H groups in total. The van der Waals surface area contributed by atoms with Crippen molar-refractivity contribution < 1.29 is 13.5 Å². The lowest BCUT2D eigenvalue weighted by Gasteiger charge is -2.24. The third-order valence-corrected chi connectivity index (χ3v) is 4.74. The summed E-state index contributed by atoms with van der Waals surface area (Å²) in [5.41, 5.74) is 0.859. The molecular formula is C15H26N2O3S. The minimum atomic E-state index is -3.40. The third kappa shape index (κ3) is 6.03. The summed E-state index contributed by atoms with van der Waals surface area (Å²) in [6.07, 6.45) is 1.48. The van der Waals surface area contributed by atoms with Crippen LogP contribution in [-0.2, 0) is 10.0 Å². The second-order valence-electron chi connectivity index (χ2n) is 5.91. The Kier molecular flexibility index (Phi) is 6.64. The minimum Gasteiger partial charge on any atom is -0.396 e. The second-order valence-corrected chi connectivity index (χ2v) is 7.68. The zero-order valence-electron chi connectivity index (χ0n) is 13.0. The van der Waals surface area contributed by atoms with E-state index in [0.29, 0.717) is 19.5 Å². The number of anilines is 1. The Balaban J connectivity index is 2.66.